The number of anilines is 2. The Balaban J connectivity index is 1.16. The molecule has 1 aromatic carbocycles. The molecular formula is C28H31N7O3. The number of fused-ring (bicyclic) bond motifs is 1. The largest absolute Gasteiger partial charge is 0.389 e. The first-order chi connectivity index (χ1) is 18.6. The van der Waals surface area contributed by atoms with Crippen molar-refractivity contribution in [2.45, 2.75) is 57.7 Å². The van der Waals surface area contributed by atoms with Gasteiger partial charge in [-0.05, 0) is 50.8 Å². The zero-order valence-corrected chi connectivity index (χ0v) is 21.4. The van der Waals surface area contributed by atoms with Crippen LogP contribution >= 0.6 is 0 Å². The minimum Gasteiger partial charge on any atom is -0.389 e. The molecule has 0 amide bonds. The van der Waals surface area contributed by atoms with Gasteiger partial charge in [-0.25, -0.2) is 9.67 Å². The van der Waals surface area contributed by atoms with Gasteiger partial charge in [-0.1, -0.05) is 0 Å². The number of β-amino-alcohol motifs (C(OH)–C–C–N with tert-alkyl or cyclic N) is 1. The summed E-state index contributed by atoms with van der Waals surface area (Å²) >= 11 is 0. The van der Waals surface area contributed by atoms with Crippen LogP contribution in [0.25, 0.3) is 16.7 Å². The molecule has 1 unspecified atom stereocenters. The van der Waals surface area contributed by atoms with Crippen LogP contribution < -0.4 is 5.32 Å². The number of aryl methyl sites for hydroxylation is 1. The summed E-state index contributed by atoms with van der Waals surface area (Å²) in [6, 6.07) is 7.91. The maximum absolute atomic E-state index is 12.9. The van der Waals surface area contributed by atoms with E-state index in [1.165, 1.54) is 0 Å². The van der Waals surface area contributed by atoms with E-state index < -0.39 is 6.10 Å². The highest BCUT2D eigenvalue weighted by Crippen LogP contribution is 2.41. The van der Waals surface area contributed by atoms with Crippen LogP contribution in [0.4, 0.5) is 11.6 Å². The molecule has 3 aromatic heterocycles. The number of hydrogen-bond donors (Lipinski definition) is 2. The fraction of sp³-hybridized carbons (Fsp3) is 0.429. The van der Waals surface area contributed by atoms with Crippen molar-refractivity contribution >= 4 is 28.3 Å². The second-order valence-corrected chi connectivity index (χ2v) is 10.6. The predicted octanol–water partition coefficient (Wildman–Crippen LogP) is 3.96. The SMILES string of the molecule is CCn1cc(C(=O)C2CC2)c2cc(Nc3nccc(-n4cc(CN5CC(O)CO5)c(C5CC5)n4)n3)ccc21. The van der Waals surface area contributed by atoms with E-state index in [0.29, 0.717) is 37.4 Å². The summed E-state index contributed by atoms with van der Waals surface area (Å²) in [6.07, 6.45) is 9.51. The van der Waals surface area contributed by atoms with Gasteiger partial charge in [0.25, 0.3) is 0 Å². The standard InChI is InChI=1S/C28H31N7O3/c1-2-33-15-23(27(37)18-5-6-18)22-11-20(7-8-24(22)33)30-28-29-10-9-25(31-28)35-13-19(26(32-35)17-3-4-17)12-34-14-21(36)16-38-34/h7-11,13,15,17-18,21,36H,2-6,12,14,16H2,1H3,(H,29,30,31). The van der Waals surface area contributed by atoms with Gasteiger partial charge in [-0.15, -0.1) is 0 Å². The third kappa shape index (κ3) is 4.48. The Bertz CT molecular complexity index is 1520. The summed E-state index contributed by atoms with van der Waals surface area (Å²) in [5.41, 5.74) is 4.85. The molecule has 196 valence electrons. The number of carbonyl (C=O) groups is 1. The number of rotatable bonds is 9. The number of Topliss-reactive ketones (excluding diaryl/α,β-unsaturated/α-hetero) is 1. The average Bonchev–Trinajstić information content (AvgIpc) is 3.84. The Morgan fingerprint density at radius 2 is 2.05 bits per heavy atom. The Morgan fingerprint density at radius 3 is 2.79 bits per heavy atom. The molecule has 7 rings (SSSR count). The van der Waals surface area contributed by atoms with Crippen molar-refractivity contribution in [1.82, 2.24) is 29.4 Å². The molecule has 2 saturated carbocycles. The maximum atomic E-state index is 12.9. The van der Waals surface area contributed by atoms with Gasteiger partial charge in [-0.3, -0.25) is 9.63 Å². The van der Waals surface area contributed by atoms with E-state index in [-0.39, 0.29) is 11.7 Å². The van der Waals surface area contributed by atoms with Crippen LogP contribution in [0, 0.1) is 5.92 Å². The van der Waals surface area contributed by atoms with Gasteiger partial charge in [0.15, 0.2) is 11.6 Å². The molecule has 2 N–H and O–H groups in total. The summed E-state index contributed by atoms with van der Waals surface area (Å²) in [4.78, 5) is 27.7. The van der Waals surface area contributed by atoms with Gasteiger partial charge in [0.1, 0.15) is 0 Å². The molecule has 2 aliphatic carbocycles. The van der Waals surface area contributed by atoms with Gasteiger partial charge in [0.2, 0.25) is 5.95 Å². The van der Waals surface area contributed by atoms with Gasteiger partial charge in [0.05, 0.1) is 31.5 Å². The lowest BCUT2D eigenvalue weighted by atomic mass is 10.1. The van der Waals surface area contributed by atoms with Crippen molar-refractivity contribution in [1.29, 1.82) is 0 Å². The second-order valence-electron chi connectivity index (χ2n) is 10.6. The van der Waals surface area contributed by atoms with Crippen molar-refractivity contribution in [2.24, 2.45) is 5.92 Å². The zero-order valence-electron chi connectivity index (χ0n) is 21.4. The van der Waals surface area contributed by atoms with Crippen LogP contribution in [0.1, 0.15) is 60.1 Å². The van der Waals surface area contributed by atoms with Crippen LogP contribution in [0.3, 0.4) is 0 Å². The number of hydrogen-bond acceptors (Lipinski definition) is 8. The third-order valence-electron chi connectivity index (χ3n) is 7.56. The van der Waals surface area contributed by atoms with Crippen LogP contribution in [-0.4, -0.2) is 59.5 Å². The number of nitrogens with zero attached hydrogens (tertiary/aromatic N) is 6. The molecule has 0 radical (unpaired) electrons. The van der Waals surface area contributed by atoms with Gasteiger partial charge >= 0.3 is 0 Å². The van der Waals surface area contributed by atoms with Crippen LogP contribution in [-0.2, 0) is 17.9 Å². The van der Waals surface area contributed by atoms with E-state index in [1.807, 2.05) is 36.7 Å². The van der Waals surface area contributed by atoms with E-state index in [9.17, 15) is 9.90 Å². The highest BCUT2D eigenvalue weighted by atomic mass is 16.7. The average molecular weight is 514 g/mol. The van der Waals surface area contributed by atoms with Crippen molar-refractivity contribution in [3.8, 4) is 5.82 Å². The molecule has 4 aromatic rings. The van der Waals surface area contributed by atoms with E-state index >= 15 is 0 Å². The van der Waals surface area contributed by atoms with E-state index in [2.05, 4.69) is 21.8 Å². The quantitative estimate of drug-likeness (QED) is 0.324. The Labute approximate surface area is 220 Å². The first kappa shape index (κ1) is 23.5. The van der Waals surface area contributed by atoms with Crippen molar-refractivity contribution in [2.75, 3.05) is 18.5 Å². The molecule has 0 spiro atoms. The number of benzene rings is 1. The first-order valence-electron chi connectivity index (χ1n) is 13.5. The summed E-state index contributed by atoms with van der Waals surface area (Å²) in [5.74, 6) is 2.01. The zero-order chi connectivity index (χ0) is 25.8. The number of nitrogens with one attached hydrogen (secondary N) is 1. The Morgan fingerprint density at radius 1 is 1.18 bits per heavy atom. The molecule has 0 bridgehead atoms. The summed E-state index contributed by atoms with van der Waals surface area (Å²) in [5, 5.41) is 20.8. The summed E-state index contributed by atoms with van der Waals surface area (Å²) < 4.78 is 3.94. The molecule has 10 heteroatoms. The monoisotopic (exact) mass is 513 g/mol. The lowest BCUT2D eigenvalue weighted by Crippen LogP contribution is -2.20. The number of carbonyl (C=O) groups excluding carboxylic acids is 1. The molecule has 38 heavy (non-hydrogen) atoms. The molecular weight excluding hydrogens is 482 g/mol. The van der Waals surface area contributed by atoms with Crippen LogP contribution in [0.2, 0.25) is 0 Å². The van der Waals surface area contributed by atoms with E-state index in [0.717, 1.165) is 65.6 Å². The topological polar surface area (TPSA) is 110 Å². The number of aliphatic hydroxyl groups is 1. The number of aromatic nitrogens is 5. The number of ketones is 1. The van der Waals surface area contributed by atoms with Gasteiger partial charge < -0.3 is 15.0 Å². The van der Waals surface area contributed by atoms with Crippen molar-refractivity contribution < 1.29 is 14.7 Å². The number of aliphatic hydroxyl groups excluding tert-OH is 1. The molecule has 1 saturated heterocycles. The minimum atomic E-state index is -0.451. The van der Waals surface area contributed by atoms with Crippen LogP contribution in [0.5, 0.6) is 0 Å². The smallest absolute Gasteiger partial charge is 0.229 e. The normalized spacial score (nSPS) is 19.9. The predicted molar refractivity (Wildman–Crippen MR) is 141 cm³/mol. The van der Waals surface area contributed by atoms with Crippen molar-refractivity contribution in [3.05, 3.63) is 59.7 Å². The lowest BCUT2D eigenvalue weighted by molar-refractivity contribution is -0.118. The summed E-state index contributed by atoms with van der Waals surface area (Å²) in [6.45, 7) is 4.31. The maximum Gasteiger partial charge on any atom is 0.229 e. The molecule has 1 atom stereocenters. The van der Waals surface area contributed by atoms with Gasteiger partial charge in [-0.2, -0.15) is 15.1 Å². The summed E-state index contributed by atoms with van der Waals surface area (Å²) in [7, 11) is 0. The van der Waals surface area contributed by atoms with E-state index in [1.54, 1.807) is 15.9 Å². The fourth-order valence-electron chi connectivity index (χ4n) is 5.26. The molecule has 1 aliphatic heterocycles. The molecule has 4 heterocycles. The molecule has 3 fully saturated rings. The second kappa shape index (κ2) is 9.30. The highest BCUT2D eigenvalue weighted by Gasteiger charge is 2.33. The van der Waals surface area contributed by atoms with Gasteiger partial charge in [0, 0.05) is 70.8 Å². The van der Waals surface area contributed by atoms with Crippen LogP contribution in [0.15, 0.2) is 42.9 Å². The first-order valence-corrected chi connectivity index (χ1v) is 13.5. The number of hydroxylamine groups is 2. The van der Waals surface area contributed by atoms with Crippen molar-refractivity contribution in [3.63, 3.8) is 0 Å². The minimum absolute atomic E-state index is 0.170. The third-order valence-corrected chi connectivity index (χ3v) is 7.56. The highest BCUT2D eigenvalue weighted by molar-refractivity contribution is 6.10. The molecule has 10 nitrogen and oxygen atoms in total. The Hall–Kier alpha value is -3.60. The fourth-order valence-corrected chi connectivity index (χ4v) is 5.26. The lowest BCUT2D eigenvalue weighted by Gasteiger charge is -2.12. The molecule has 3 aliphatic rings. The Kier molecular flexibility index (Phi) is 5.75. The van der Waals surface area contributed by atoms with E-state index in [4.69, 9.17) is 14.9 Å².